The second-order valence-corrected chi connectivity index (χ2v) is 4.99. The van der Waals surface area contributed by atoms with Gasteiger partial charge in [0.2, 0.25) is 5.91 Å². The molecule has 1 fully saturated rings. The highest BCUT2D eigenvalue weighted by atomic mass is 35.5. The minimum atomic E-state index is 0. The van der Waals surface area contributed by atoms with Crippen molar-refractivity contribution in [2.24, 2.45) is 5.92 Å². The zero-order chi connectivity index (χ0) is 12.8. The number of anilines is 1. The molecule has 0 unspecified atom stereocenters. The molecule has 0 spiro atoms. The SMILES string of the molecule is CCNCc1ccccc1NC(=O)CC1CCC1.Cl. The van der Waals surface area contributed by atoms with Gasteiger partial charge in [-0.15, -0.1) is 12.4 Å². The third kappa shape index (κ3) is 4.84. The average molecular weight is 283 g/mol. The van der Waals surface area contributed by atoms with Gasteiger partial charge in [0.15, 0.2) is 0 Å². The number of halogens is 1. The van der Waals surface area contributed by atoms with Crippen LogP contribution in [0.2, 0.25) is 0 Å². The molecule has 1 aromatic carbocycles. The lowest BCUT2D eigenvalue weighted by Crippen LogP contribution is -2.22. The maximum Gasteiger partial charge on any atom is 0.224 e. The van der Waals surface area contributed by atoms with Crippen molar-refractivity contribution >= 4 is 24.0 Å². The summed E-state index contributed by atoms with van der Waals surface area (Å²) in [5, 5.41) is 6.33. The Kier molecular flexibility index (Phi) is 6.89. The summed E-state index contributed by atoms with van der Waals surface area (Å²) in [4.78, 5) is 11.9. The van der Waals surface area contributed by atoms with Crippen molar-refractivity contribution in [3.63, 3.8) is 0 Å². The Morgan fingerprint density at radius 1 is 1.32 bits per heavy atom. The lowest BCUT2D eigenvalue weighted by Gasteiger charge is -2.24. The summed E-state index contributed by atoms with van der Waals surface area (Å²) in [6.45, 7) is 3.82. The van der Waals surface area contributed by atoms with Gasteiger partial charge in [0.05, 0.1) is 0 Å². The molecule has 3 nitrogen and oxygen atoms in total. The Morgan fingerprint density at radius 3 is 2.68 bits per heavy atom. The molecule has 106 valence electrons. The molecule has 2 N–H and O–H groups in total. The second-order valence-electron chi connectivity index (χ2n) is 4.99. The predicted molar refractivity (Wildman–Crippen MR) is 81.7 cm³/mol. The van der Waals surface area contributed by atoms with Crippen LogP contribution in [0.4, 0.5) is 5.69 Å². The van der Waals surface area contributed by atoms with Crippen molar-refractivity contribution in [1.82, 2.24) is 5.32 Å². The van der Waals surface area contributed by atoms with Crippen LogP contribution in [0.25, 0.3) is 0 Å². The molecular formula is C15H23ClN2O. The average Bonchev–Trinajstić information content (AvgIpc) is 2.33. The lowest BCUT2D eigenvalue weighted by atomic mass is 9.83. The fourth-order valence-corrected chi connectivity index (χ4v) is 2.22. The first-order valence-corrected chi connectivity index (χ1v) is 6.88. The Hall–Kier alpha value is -1.06. The predicted octanol–water partition coefficient (Wildman–Crippen LogP) is 3.35. The number of para-hydroxylation sites is 1. The Bertz CT molecular complexity index is 405. The first-order valence-electron chi connectivity index (χ1n) is 6.88. The molecule has 1 aliphatic carbocycles. The van der Waals surface area contributed by atoms with E-state index in [1.165, 1.54) is 19.3 Å². The van der Waals surface area contributed by atoms with Crippen LogP contribution in [-0.2, 0) is 11.3 Å². The van der Waals surface area contributed by atoms with Crippen molar-refractivity contribution in [2.45, 2.75) is 39.2 Å². The Balaban J connectivity index is 0.00000180. The highest BCUT2D eigenvalue weighted by molar-refractivity contribution is 5.91. The summed E-state index contributed by atoms with van der Waals surface area (Å²) in [5.41, 5.74) is 2.10. The van der Waals surface area contributed by atoms with Crippen LogP contribution >= 0.6 is 12.4 Å². The van der Waals surface area contributed by atoms with Crippen LogP contribution in [-0.4, -0.2) is 12.5 Å². The van der Waals surface area contributed by atoms with E-state index in [1.807, 2.05) is 18.2 Å². The van der Waals surface area contributed by atoms with Gasteiger partial charge >= 0.3 is 0 Å². The van der Waals surface area contributed by atoms with Gasteiger partial charge in [-0.25, -0.2) is 0 Å². The Morgan fingerprint density at radius 2 is 2.05 bits per heavy atom. The third-order valence-electron chi connectivity index (χ3n) is 3.56. The summed E-state index contributed by atoms with van der Waals surface area (Å²) in [6.07, 6.45) is 4.39. The molecule has 0 atom stereocenters. The van der Waals surface area contributed by atoms with Gasteiger partial charge in [-0.05, 0) is 36.9 Å². The van der Waals surface area contributed by atoms with Gasteiger partial charge < -0.3 is 10.6 Å². The summed E-state index contributed by atoms with van der Waals surface area (Å²) in [7, 11) is 0. The summed E-state index contributed by atoms with van der Waals surface area (Å²) >= 11 is 0. The van der Waals surface area contributed by atoms with Gasteiger partial charge in [0.25, 0.3) is 0 Å². The van der Waals surface area contributed by atoms with Crippen LogP contribution in [0.15, 0.2) is 24.3 Å². The van der Waals surface area contributed by atoms with E-state index in [4.69, 9.17) is 0 Å². The number of carbonyl (C=O) groups is 1. The van der Waals surface area contributed by atoms with E-state index >= 15 is 0 Å². The molecule has 0 bridgehead atoms. The van der Waals surface area contributed by atoms with Crippen molar-refractivity contribution in [2.75, 3.05) is 11.9 Å². The van der Waals surface area contributed by atoms with Crippen LogP contribution in [0.3, 0.4) is 0 Å². The van der Waals surface area contributed by atoms with E-state index in [-0.39, 0.29) is 18.3 Å². The van der Waals surface area contributed by atoms with E-state index in [2.05, 4.69) is 23.6 Å². The number of amides is 1. The van der Waals surface area contributed by atoms with E-state index in [0.717, 1.165) is 24.3 Å². The standard InChI is InChI=1S/C15H22N2O.ClH/c1-2-16-11-13-8-3-4-9-14(13)17-15(18)10-12-6-5-7-12;/h3-4,8-9,12,16H,2,5-7,10-11H2,1H3,(H,17,18);1H. The van der Waals surface area contributed by atoms with Gasteiger partial charge in [-0.3, -0.25) is 4.79 Å². The molecule has 0 radical (unpaired) electrons. The van der Waals surface area contributed by atoms with Crippen molar-refractivity contribution in [3.8, 4) is 0 Å². The van der Waals surface area contributed by atoms with Crippen LogP contribution in [0.5, 0.6) is 0 Å². The first-order chi connectivity index (χ1) is 8.79. The third-order valence-corrected chi connectivity index (χ3v) is 3.56. The first kappa shape index (κ1) is 16.0. The molecule has 1 saturated carbocycles. The minimum absolute atomic E-state index is 0. The van der Waals surface area contributed by atoms with Gasteiger partial charge in [-0.2, -0.15) is 0 Å². The highest BCUT2D eigenvalue weighted by Gasteiger charge is 2.20. The second kappa shape index (κ2) is 8.18. The summed E-state index contributed by atoms with van der Waals surface area (Å²) in [5.74, 6) is 0.773. The quantitative estimate of drug-likeness (QED) is 0.840. The molecule has 19 heavy (non-hydrogen) atoms. The van der Waals surface area contributed by atoms with Crippen LogP contribution < -0.4 is 10.6 Å². The molecule has 1 amide bonds. The highest BCUT2D eigenvalue weighted by Crippen LogP contribution is 2.29. The molecule has 0 aromatic heterocycles. The van der Waals surface area contributed by atoms with Gasteiger partial charge in [0.1, 0.15) is 0 Å². The minimum Gasteiger partial charge on any atom is -0.326 e. The topological polar surface area (TPSA) is 41.1 Å². The number of rotatable bonds is 6. The van der Waals surface area contributed by atoms with Crippen molar-refractivity contribution in [3.05, 3.63) is 29.8 Å². The molecule has 4 heteroatoms. The van der Waals surface area contributed by atoms with Gasteiger partial charge in [0, 0.05) is 18.7 Å². The van der Waals surface area contributed by atoms with E-state index in [0.29, 0.717) is 12.3 Å². The monoisotopic (exact) mass is 282 g/mol. The summed E-state index contributed by atoms with van der Waals surface area (Å²) in [6, 6.07) is 8.01. The van der Waals surface area contributed by atoms with Gasteiger partial charge in [-0.1, -0.05) is 31.5 Å². The lowest BCUT2D eigenvalue weighted by molar-refractivity contribution is -0.117. The number of nitrogens with one attached hydrogen (secondary N) is 2. The maximum atomic E-state index is 11.9. The smallest absolute Gasteiger partial charge is 0.224 e. The van der Waals surface area contributed by atoms with Crippen LogP contribution in [0, 0.1) is 5.92 Å². The maximum absolute atomic E-state index is 11.9. The largest absolute Gasteiger partial charge is 0.326 e. The number of hydrogen-bond acceptors (Lipinski definition) is 2. The molecule has 0 saturated heterocycles. The van der Waals surface area contributed by atoms with Crippen molar-refractivity contribution < 1.29 is 4.79 Å². The summed E-state index contributed by atoms with van der Waals surface area (Å²) < 4.78 is 0. The zero-order valence-electron chi connectivity index (χ0n) is 11.4. The number of carbonyl (C=O) groups excluding carboxylic acids is 1. The fourth-order valence-electron chi connectivity index (χ4n) is 2.22. The fraction of sp³-hybridized carbons (Fsp3) is 0.533. The molecule has 0 aliphatic heterocycles. The molecule has 1 aromatic rings. The molecule has 1 aliphatic rings. The number of benzene rings is 1. The van der Waals surface area contributed by atoms with Crippen LogP contribution in [0.1, 0.15) is 38.2 Å². The van der Waals surface area contributed by atoms with E-state index in [1.54, 1.807) is 0 Å². The molecule has 0 heterocycles. The normalized spacial score (nSPS) is 14.4. The van der Waals surface area contributed by atoms with E-state index < -0.39 is 0 Å². The molecular weight excluding hydrogens is 260 g/mol. The number of hydrogen-bond donors (Lipinski definition) is 2. The van der Waals surface area contributed by atoms with Crippen molar-refractivity contribution in [1.29, 1.82) is 0 Å². The zero-order valence-corrected chi connectivity index (χ0v) is 12.3. The van der Waals surface area contributed by atoms with E-state index in [9.17, 15) is 4.79 Å². The molecule has 2 rings (SSSR count). The Labute approximate surface area is 121 Å².